The van der Waals surface area contributed by atoms with Crippen LogP contribution in [0.3, 0.4) is 0 Å². The molecule has 1 unspecified atom stereocenters. The van der Waals surface area contributed by atoms with Crippen LogP contribution < -0.4 is 14.5 Å². The van der Waals surface area contributed by atoms with Crippen molar-refractivity contribution in [1.29, 1.82) is 0 Å². The first kappa shape index (κ1) is 28.0. The van der Waals surface area contributed by atoms with Crippen molar-refractivity contribution in [3.05, 3.63) is 94.6 Å². The Morgan fingerprint density at radius 3 is 2.18 bits per heavy atom. The molecule has 1 amide bonds. The van der Waals surface area contributed by atoms with Gasteiger partial charge in [-0.15, -0.1) is 0 Å². The lowest BCUT2D eigenvalue weighted by molar-refractivity contribution is -0.132. The van der Waals surface area contributed by atoms with Crippen molar-refractivity contribution in [2.24, 2.45) is 5.92 Å². The van der Waals surface area contributed by atoms with Crippen LogP contribution in [0, 0.1) is 19.8 Å². The zero-order valence-corrected chi connectivity index (χ0v) is 23.7. The summed E-state index contributed by atoms with van der Waals surface area (Å²) in [6.45, 7) is 14.6. The first-order chi connectivity index (χ1) is 18.7. The highest BCUT2D eigenvalue weighted by Crippen LogP contribution is 2.44. The Bertz CT molecular complexity index is 1370. The highest BCUT2D eigenvalue weighted by molar-refractivity contribution is 6.51. The molecule has 0 bridgehead atoms. The number of hydrogen-bond donors (Lipinski definition) is 1. The Kier molecular flexibility index (Phi) is 8.44. The second kappa shape index (κ2) is 11.8. The summed E-state index contributed by atoms with van der Waals surface area (Å²) in [4.78, 5) is 30.9. The smallest absolute Gasteiger partial charge is 0.300 e. The van der Waals surface area contributed by atoms with Gasteiger partial charge < -0.3 is 14.7 Å². The molecule has 0 radical (unpaired) electrons. The maximum Gasteiger partial charge on any atom is 0.300 e. The van der Waals surface area contributed by atoms with Crippen LogP contribution in [0.4, 0.5) is 11.4 Å². The van der Waals surface area contributed by atoms with Crippen LogP contribution in [0.2, 0.25) is 0 Å². The third-order valence-corrected chi connectivity index (χ3v) is 7.33. The molecule has 1 atom stereocenters. The van der Waals surface area contributed by atoms with Crippen molar-refractivity contribution in [3.8, 4) is 5.75 Å². The fraction of sp³-hybridized carbons (Fsp3) is 0.333. The van der Waals surface area contributed by atoms with Crippen molar-refractivity contribution < 1.29 is 19.4 Å². The lowest BCUT2D eigenvalue weighted by Crippen LogP contribution is -2.30. The highest BCUT2D eigenvalue weighted by atomic mass is 16.5. The number of amides is 1. The topological polar surface area (TPSA) is 70.1 Å². The van der Waals surface area contributed by atoms with E-state index in [0.29, 0.717) is 29.5 Å². The van der Waals surface area contributed by atoms with Crippen molar-refractivity contribution in [1.82, 2.24) is 0 Å². The van der Waals surface area contributed by atoms with Crippen LogP contribution in [-0.4, -0.2) is 36.5 Å². The first-order valence-electron chi connectivity index (χ1n) is 13.6. The average molecular weight is 527 g/mol. The van der Waals surface area contributed by atoms with Gasteiger partial charge in [-0.1, -0.05) is 38.1 Å². The molecule has 4 rings (SSSR count). The van der Waals surface area contributed by atoms with Crippen molar-refractivity contribution in [2.75, 3.05) is 29.5 Å². The number of rotatable bonds is 9. The maximum absolute atomic E-state index is 13.6. The van der Waals surface area contributed by atoms with Crippen LogP contribution in [0.5, 0.6) is 5.75 Å². The zero-order valence-electron chi connectivity index (χ0n) is 23.7. The van der Waals surface area contributed by atoms with Crippen molar-refractivity contribution in [3.63, 3.8) is 0 Å². The van der Waals surface area contributed by atoms with Crippen LogP contribution >= 0.6 is 0 Å². The van der Waals surface area contributed by atoms with E-state index >= 15 is 0 Å². The number of nitrogens with zero attached hydrogens (tertiary/aromatic N) is 2. The fourth-order valence-electron chi connectivity index (χ4n) is 4.98. The molecule has 0 aliphatic carbocycles. The Labute approximate surface area is 231 Å². The Morgan fingerprint density at radius 2 is 1.59 bits per heavy atom. The van der Waals surface area contributed by atoms with E-state index in [-0.39, 0.29) is 11.3 Å². The van der Waals surface area contributed by atoms with E-state index in [1.165, 1.54) is 4.90 Å². The van der Waals surface area contributed by atoms with Gasteiger partial charge in [-0.3, -0.25) is 14.5 Å². The number of ketones is 1. The normalized spacial score (nSPS) is 16.7. The first-order valence-corrected chi connectivity index (χ1v) is 13.6. The quantitative estimate of drug-likeness (QED) is 0.188. The van der Waals surface area contributed by atoms with Crippen molar-refractivity contribution >= 4 is 28.8 Å². The number of aliphatic hydroxyl groups is 1. The summed E-state index contributed by atoms with van der Waals surface area (Å²) >= 11 is 0. The van der Waals surface area contributed by atoms with Gasteiger partial charge in [0.05, 0.1) is 18.2 Å². The maximum atomic E-state index is 13.6. The molecule has 1 fully saturated rings. The monoisotopic (exact) mass is 526 g/mol. The third-order valence-electron chi connectivity index (χ3n) is 7.33. The molecule has 1 saturated heterocycles. The fourth-order valence-corrected chi connectivity index (χ4v) is 4.98. The molecular formula is C33H38N2O4. The predicted molar refractivity (Wildman–Crippen MR) is 157 cm³/mol. The predicted octanol–water partition coefficient (Wildman–Crippen LogP) is 6.81. The van der Waals surface area contributed by atoms with Gasteiger partial charge in [-0.25, -0.2) is 0 Å². The number of anilines is 2. The summed E-state index contributed by atoms with van der Waals surface area (Å²) in [5.74, 6) is -0.493. The number of hydrogen-bond acceptors (Lipinski definition) is 5. The number of ether oxygens (including phenoxy) is 1. The molecule has 1 heterocycles. The van der Waals surface area contributed by atoms with E-state index < -0.39 is 17.7 Å². The van der Waals surface area contributed by atoms with E-state index in [1.54, 1.807) is 24.3 Å². The van der Waals surface area contributed by atoms with E-state index in [2.05, 4.69) is 32.6 Å². The van der Waals surface area contributed by atoms with Gasteiger partial charge >= 0.3 is 0 Å². The number of carbonyl (C=O) groups excluding carboxylic acids is 2. The SMILES string of the molecule is CCN(CC)c1ccc(C2/C(=C(\O)c3ccc(OCC(C)C)cc3)C(=O)C(=O)N2c2cccc(C)c2C)cc1. The van der Waals surface area contributed by atoms with Crippen LogP contribution in [0.15, 0.2) is 72.3 Å². The molecule has 0 saturated carbocycles. The van der Waals surface area contributed by atoms with Gasteiger partial charge in [0.2, 0.25) is 0 Å². The van der Waals surface area contributed by atoms with Crippen LogP contribution in [-0.2, 0) is 9.59 Å². The number of carbonyl (C=O) groups is 2. The average Bonchev–Trinajstić information content (AvgIpc) is 3.20. The Hall–Kier alpha value is -4.06. The van der Waals surface area contributed by atoms with E-state index in [4.69, 9.17) is 4.74 Å². The molecule has 1 aliphatic heterocycles. The van der Waals surface area contributed by atoms with E-state index in [0.717, 1.165) is 35.5 Å². The lowest BCUT2D eigenvalue weighted by Gasteiger charge is -2.28. The highest BCUT2D eigenvalue weighted by Gasteiger charge is 2.47. The summed E-state index contributed by atoms with van der Waals surface area (Å²) in [6.07, 6.45) is 0. The molecule has 3 aromatic rings. The Balaban J connectivity index is 1.84. The number of benzene rings is 3. The summed E-state index contributed by atoms with van der Waals surface area (Å²) in [5.41, 5.74) is 4.93. The molecule has 3 aromatic carbocycles. The van der Waals surface area contributed by atoms with Crippen LogP contribution in [0.25, 0.3) is 5.76 Å². The minimum absolute atomic E-state index is 0.0762. The number of Topliss-reactive ketones (excluding diaryl/α,β-unsaturated/α-hetero) is 1. The molecule has 1 aliphatic rings. The van der Waals surface area contributed by atoms with Gasteiger partial charge in [0, 0.05) is 30.0 Å². The number of aliphatic hydroxyl groups excluding tert-OH is 1. The van der Waals surface area contributed by atoms with E-state index in [1.807, 2.05) is 56.3 Å². The summed E-state index contributed by atoms with van der Waals surface area (Å²) < 4.78 is 5.77. The second-order valence-electron chi connectivity index (χ2n) is 10.4. The van der Waals surface area contributed by atoms with Gasteiger partial charge in [0.25, 0.3) is 11.7 Å². The molecule has 0 spiro atoms. The molecule has 0 aromatic heterocycles. The Morgan fingerprint density at radius 1 is 0.949 bits per heavy atom. The van der Waals surface area contributed by atoms with Gasteiger partial charge in [0.15, 0.2) is 0 Å². The van der Waals surface area contributed by atoms with Gasteiger partial charge in [0.1, 0.15) is 11.5 Å². The summed E-state index contributed by atoms with van der Waals surface area (Å²) in [6, 6.07) is 19.8. The minimum Gasteiger partial charge on any atom is -0.507 e. The van der Waals surface area contributed by atoms with Gasteiger partial charge in [-0.05, 0) is 92.8 Å². The largest absolute Gasteiger partial charge is 0.507 e. The molecule has 39 heavy (non-hydrogen) atoms. The van der Waals surface area contributed by atoms with E-state index in [9.17, 15) is 14.7 Å². The van der Waals surface area contributed by atoms with Crippen molar-refractivity contribution in [2.45, 2.75) is 47.6 Å². The molecule has 204 valence electrons. The molecule has 6 heteroatoms. The molecular weight excluding hydrogens is 488 g/mol. The third kappa shape index (κ3) is 5.56. The standard InChI is InChI=1S/C33H38N2O4/c1-7-34(8-2)26-16-12-24(13-17-26)30-29(31(36)25-14-18-27(19-15-25)39-20-21(3)4)32(37)33(38)35(30)28-11-9-10-22(5)23(28)6/h9-19,21,30,36H,7-8,20H2,1-6H3/b31-29+. The minimum atomic E-state index is -0.770. The second-order valence-corrected chi connectivity index (χ2v) is 10.4. The molecule has 6 nitrogen and oxygen atoms in total. The molecule has 1 N–H and O–H groups in total. The van der Waals surface area contributed by atoms with Crippen LogP contribution in [0.1, 0.15) is 56.0 Å². The van der Waals surface area contributed by atoms with Gasteiger partial charge in [-0.2, -0.15) is 0 Å². The summed E-state index contributed by atoms with van der Waals surface area (Å²) in [7, 11) is 0. The summed E-state index contributed by atoms with van der Waals surface area (Å²) in [5, 5.41) is 11.5. The lowest BCUT2D eigenvalue weighted by atomic mass is 9.94. The number of aryl methyl sites for hydroxylation is 1. The zero-order chi connectivity index (χ0) is 28.3.